The first-order valence-electron chi connectivity index (χ1n) is 8.38. The molecule has 0 radical (unpaired) electrons. The summed E-state index contributed by atoms with van der Waals surface area (Å²) < 4.78 is 0. The van der Waals surface area contributed by atoms with Crippen molar-refractivity contribution in [3.05, 3.63) is 48.0 Å². The SMILES string of the molecule is C=C(C)C(=O)N1CCCC[C@@H]2CN(Cc3ccccc3)C[C@@H]21. The average molecular weight is 298 g/mol. The maximum atomic E-state index is 12.5. The summed E-state index contributed by atoms with van der Waals surface area (Å²) in [5, 5.41) is 0. The van der Waals surface area contributed by atoms with Gasteiger partial charge in [0.2, 0.25) is 5.91 Å². The lowest BCUT2D eigenvalue weighted by Crippen LogP contribution is -2.44. The first-order chi connectivity index (χ1) is 10.6. The molecule has 2 aliphatic heterocycles. The van der Waals surface area contributed by atoms with Gasteiger partial charge in [-0.25, -0.2) is 0 Å². The van der Waals surface area contributed by atoms with E-state index in [0.717, 1.165) is 32.6 Å². The van der Waals surface area contributed by atoms with E-state index < -0.39 is 0 Å². The first-order valence-corrected chi connectivity index (χ1v) is 8.38. The molecule has 2 aliphatic rings. The van der Waals surface area contributed by atoms with Gasteiger partial charge in [-0.15, -0.1) is 0 Å². The molecular formula is C19H26N2O. The highest BCUT2D eigenvalue weighted by atomic mass is 16.2. The Labute approximate surface area is 133 Å². The summed E-state index contributed by atoms with van der Waals surface area (Å²) >= 11 is 0. The van der Waals surface area contributed by atoms with Crippen molar-refractivity contribution in [3.8, 4) is 0 Å². The molecule has 0 aromatic heterocycles. The number of likely N-dealkylation sites (tertiary alicyclic amines) is 2. The summed E-state index contributed by atoms with van der Waals surface area (Å²) in [5.41, 5.74) is 2.03. The highest BCUT2D eigenvalue weighted by molar-refractivity contribution is 5.92. The molecule has 22 heavy (non-hydrogen) atoms. The molecule has 0 bridgehead atoms. The van der Waals surface area contributed by atoms with E-state index in [1.165, 1.54) is 18.4 Å². The van der Waals surface area contributed by atoms with Crippen LogP contribution in [0, 0.1) is 5.92 Å². The van der Waals surface area contributed by atoms with Crippen molar-refractivity contribution in [3.63, 3.8) is 0 Å². The number of amides is 1. The number of hydrogen-bond donors (Lipinski definition) is 0. The summed E-state index contributed by atoms with van der Waals surface area (Å²) in [5.74, 6) is 0.771. The molecule has 2 heterocycles. The summed E-state index contributed by atoms with van der Waals surface area (Å²) in [6.07, 6.45) is 3.61. The predicted molar refractivity (Wildman–Crippen MR) is 89.4 cm³/mol. The molecular weight excluding hydrogens is 272 g/mol. The molecule has 3 heteroatoms. The Bertz CT molecular complexity index is 540. The molecule has 3 rings (SSSR count). The number of rotatable bonds is 3. The lowest BCUT2D eigenvalue weighted by atomic mass is 9.98. The Morgan fingerprint density at radius 1 is 1.23 bits per heavy atom. The molecule has 118 valence electrons. The third kappa shape index (κ3) is 3.25. The minimum Gasteiger partial charge on any atom is -0.334 e. The van der Waals surface area contributed by atoms with Crippen molar-refractivity contribution in [1.29, 1.82) is 0 Å². The minimum absolute atomic E-state index is 0.151. The van der Waals surface area contributed by atoms with Crippen molar-refractivity contribution < 1.29 is 4.79 Å². The number of benzene rings is 1. The second-order valence-electron chi connectivity index (χ2n) is 6.78. The van der Waals surface area contributed by atoms with Gasteiger partial charge in [-0.2, -0.15) is 0 Å². The van der Waals surface area contributed by atoms with Gasteiger partial charge >= 0.3 is 0 Å². The van der Waals surface area contributed by atoms with Gasteiger partial charge in [-0.3, -0.25) is 9.69 Å². The Balaban J connectivity index is 1.71. The van der Waals surface area contributed by atoms with E-state index in [1.54, 1.807) is 0 Å². The number of carbonyl (C=O) groups excluding carboxylic acids is 1. The topological polar surface area (TPSA) is 23.6 Å². The van der Waals surface area contributed by atoms with E-state index in [4.69, 9.17) is 0 Å². The fourth-order valence-corrected chi connectivity index (χ4v) is 3.90. The third-order valence-corrected chi connectivity index (χ3v) is 4.98. The molecule has 0 saturated carbocycles. The van der Waals surface area contributed by atoms with Crippen molar-refractivity contribution in [2.24, 2.45) is 5.92 Å². The molecule has 1 aromatic rings. The van der Waals surface area contributed by atoms with Crippen LogP contribution in [0.4, 0.5) is 0 Å². The highest BCUT2D eigenvalue weighted by Gasteiger charge is 2.39. The zero-order valence-electron chi connectivity index (χ0n) is 13.5. The predicted octanol–water partition coefficient (Wildman–Crippen LogP) is 3.08. The number of nitrogens with zero attached hydrogens (tertiary/aromatic N) is 2. The lowest BCUT2D eigenvalue weighted by Gasteiger charge is -2.30. The quantitative estimate of drug-likeness (QED) is 0.801. The molecule has 0 unspecified atom stereocenters. The van der Waals surface area contributed by atoms with Gasteiger partial charge in [0.25, 0.3) is 0 Å². The molecule has 1 aromatic carbocycles. The van der Waals surface area contributed by atoms with Crippen LogP contribution in [-0.4, -0.2) is 41.4 Å². The summed E-state index contributed by atoms with van der Waals surface area (Å²) in [4.78, 5) is 17.1. The van der Waals surface area contributed by atoms with Gasteiger partial charge in [-0.1, -0.05) is 43.3 Å². The number of carbonyl (C=O) groups is 1. The van der Waals surface area contributed by atoms with Gasteiger partial charge in [0.05, 0.1) is 0 Å². The highest BCUT2D eigenvalue weighted by Crippen LogP contribution is 2.31. The van der Waals surface area contributed by atoms with Crippen LogP contribution in [0.1, 0.15) is 31.7 Å². The molecule has 2 atom stereocenters. The maximum Gasteiger partial charge on any atom is 0.249 e. The van der Waals surface area contributed by atoms with Gasteiger partial charge in [0.1, 0.15) is 0 Å². The van der Waals surface area contributed by atoms with Crippen molar-refractivity contribution in [2.45, 2.75) is 38.8 Å². The van der Waals surface area contributed by atoms with E-state index in [2.05, 4.69) is 46.7 Å². The van der Waals surface area contributed by atoms with Crippen LogP contribution in [0.3, 0.4) is 0 Å². The molecule has 2 saturated heterocycles. The molecule has 3 nitrogen and oxygen atoms in total. The van der Waals surface area contributed by atoms with Gasteiger partial charge in [-0.05, 0) is 31.2 Å². The van der Waals surface area contributed by atoms with Crippen LogP contribution >= 0.6 is 0 Å². The Hall–Kier alpha value is -1.61. The van der Waals surface area contributed by atoms with Crippen molar-refractivity contribution >= 4 is 5.91 Å². The third-order valence-electron chi connectivity index (χ3n) is 4.98. The van der Waals surface area contributed by atoms with Crippen molar-refractivity contribution in [2.75, 3.05) is 19.6 Å². The molecule has 1 amide bonds. The molecule has 0 spiro atoms. The van der Waals surface area contributed by atoms with E-state index in [1.807, 2.05) is 6.92 Å². The zero-order chi connectivity index (χ0) is 15.5. The summed E-state index contributed by atoms with van der Waals surface area (Å²) in [6.45, 7) is 9.68. The largest absolute Gasteiger partial charge is 0.334 e. The average Bonchev–Trinajstić information content (AvgIpc) is 2.80. The van der Waals surface area contributed by atoms with E-state index >= 15 is 0 Å². The Morgan fingerprint density at radius 2 is 2.00 bits per heavy atom. The standard InChI is InChI=1S/C19H26N2O/c1-15(2)19(22)21-11-7-6-10-17-13-20(14-18(17)21)12-16-8-4-3-5-9-16/h3-5,8-9,17-18H,1,6-7,10-14H2,2H3/t17-,18+/m1/s1. The van der Waals surface area contributed by atoms with Crippen molar-refractivity contribution in [1.82, 2.24) is 9.80 Å². The summed E-state index contributed by atoms with van der Waals surface area (Å²) in [7, 11) is 0. The van der Waals surface area contributed by atoms with Crippen LogP contribution < -0.4 is 0 Å². The van der Waals surface area contributed by atoms with Gasteiger partial charge in [0, 0.05) is 37.8 Å². The molecule has 0 aliphatic carbocycles. The van der Waals surface area contributed by atoms with Crippen LogP contribution in [0.25, 0.3) is 0 Å². The summed E-state index contributed by atoms with van der Waals surface area (Å²) in [6, 6.07) is 11.0. The van der Waals surface area contributed by atoms with Crippen LogP contribution in [0.2, 0.25) is 0 Å². The Kier molecular flexibility index (Phi) is 4.63. The molecule has 2 fully saturated rings. The molecule has 0 N–H and O–H groups in total. The second-order valence-corrected chi connectivity index (χ2v) is 6.78. The minimum atomic E-state index is 0.151. The van der Waals surface area contributed by atoms with Gasteiger partial charge < -0.3 is 4.90 Å². The lowest BCUT2D eigenvalue weighted by molar-refractivity contribution is -0.129. The Morgan fingerprint density at radius 3 is 2.73 bits per heavy atom. The fraction of sp³-hybridized carbons (Fsp3) is 0.526. The van der Waals surface area contributed by atoms with Gasteiger partial charge in [0.15, 0.2) is 0 Å². The first kappa shape index (κ1) is 15.3. The maximum absolute atomic E-state index is 12.5. The smallest absolute Gasteiger partial charge is 0.249 e. The second kappa shape index (κ2) is 6.66. The number of fused-ring (bicyclic) bond motifs is 1. The monoisotopic (exact) mass is 298 g/mol. The number of hydrogen-bond acceptors (Lipinski definition) is 2. The van der Waals surface area contributed by atoms with E-state index in [0.29, 0.717) is 17.5 Å². The normalized spacial score (nSPS) is 25.6. The van der Waals surface area contributed by atoms with Crippen LogP contribution in [0.15, 0.2) is 42.5 Å². The van der Waals surface area contributed by atoms with Crippen LogP contribution in [0.5, 0.6) is 0 Å². The van der Waals surface area contributed by atoms with Crippen LogP contribution in [-0.2, 0) is 11.3 Å². The van der Waals surface area contributed by atoms with E-state index in [-0.39, 0.29) is 5.91 Å². The zero-order valence-corrected chi connectivity index (χ0v) is 13.5. The van der Waals surface area contributed by atoms with E-state index in [9.17, 15) is 4.79 Å². The fourth-order valence-electron chi connectivity index (χ4n) is 3.90.